The van der Waals surface area contributed by atoms with Crippen molar-refractivity contribution in [3.63, 3.8) is 0 Å². The van der Waals surface area contributed by atoms with Crippen LogP contribution < -0.4 is 0 Å². The largest absolute Gasteiger partial charge is 0.371 e. The first-order valence-electron chi connectivity index (χ1n) is 10.3. The molecule has 5 heterocycles. The van der Waals surface area contributed by atoms with Gasteiger partial charge in [-0.1, -0.05) is 12.1 Å². The molecule has 0 unspecified atom stereocenters. The highest BCUT2D eigenvalue weighted by Gasteiger charge is 2.40. The second-order valence-corrected chi connectivity index (χ2v) is 7.98. The topological polar surface area (TPSA) is 99.7 Å². The van der Waals surface area contributed by atoms with E-state index in [1.54, 1.807) is 15.6 Å². The molecule has 1 amide bonds. The lowest BCUT2D eigenvalue weighted by molar-refractivity contribution is -0.00461. The molecule has 1 aromatic carbocycles. The van der Waals surface area contributed by atoms with Crippen LogP contribution >= 0.6 is 0 Å². The fourth-order valence-corrected chi connectivity index (χ4v) is 4.32. The van der Waals surface area contributed by atoms with Gasteiger partial charge in [-0.05, 0) is 25.1 Å². The van der Waals surface area contributed by atoms with Crippen LogP contribution in [0, 0.1) is 6.92 Å². The third-order valence-electron chi connectivity index (χ3n) is 6.00. The first kappa shape index (κ1) is 18.4. The van der Waals surface area contributed by atoms with E-state index in [4.69, 9.17) is 9.47 Å². The molecule has 2 atom stereocenters. The number of fused-ring (bicyclic) bond motifs is 3. The summed E-state index contributed by atoms with van der Waals surface area (Å²) in [6, 6.07) is 9.88. The number of aromatic nitrogens is 6. The smallest absolute Gasteiger partial charge is 0.293 e. The van der Waals surface area contributed by atoms with Crippen molar-refractivity contribution in [1.29, 1.82) is 0 Å². The highest BCUT2D eigenvalue weighted by Crippen LogP contribution is 2.26. The van der Waals surface area contributed by atoms with Crippen molar-refractivity contribution in [3.8, 4) is 0 Å². The van der Waals surface area contributed by atoms with Gasteiger partial charge in [0, 0.05) is 11.9 Å². The molecule has 10 nitrogen and oxygen atoms in total. The number of amides is 1. The number of imidazole rings is 1. The Bertz CT molecular complexity index is 1270. The van der Waals surface area contributed by atoms with E-state index >= 15 is 0 Å². The average molecular weight is 419 g/mol. The highest BCUT2D eigenvalue weighted by atomic mass is 16.6. The van der Waals surface area contributed by atoms with Crippen LogP contribution in [0.3, 0.4) is 0 Å². The molecule has 10 heteroatoms. The zero-order valence-electron chi connectivity index (χ0n) is 17.0. The molecule has 0 saturated carbocycles. The van der Waals surface area contributed by atoms with Crippen LogP contribution in [0.1, 0.15) is 22.4 Å². The summed E-state index contributed by atoms with van der Waals surface area (Å²) in [6.45, 7) is 3.79. The van der Waals surface area contributed by atoms with Gasteiger partial charge in [0.2, 0.25) is 5.82 Å². The van der Waals surface area contributed by atoms with Gasteiger partial charge in [-0.25, -0.2) is 14.5 Å². The Hall–Kier alpha value is -3.37. The van der Waals surface area contributed by atoms with Crippen molar-refractivity contribution < 1.29 is 14.3 Å². The molecule has 158 valence electrons. The third-order valence-corrected chi connectivity index (χ3v) is 6.00. The molecule has 3 aromatic heterocycles. The molecule has 2 aliphatic rings. The molecule has 0 spiro atoms. The minimum atomic E-state index is -0.234. The Morgan fingerprint density at radius 1 is 1.06 bits per heavy atom. The molecule has 0 bridgehead atoms. The van der Waals surface area contributed by atoms with Crippen molar-refractivity contribution in [1.82, 2.24) is 34.0 Å². The van der Waals surface area contributed by atoms with E-state index in [-0.39, 0.29) is 30.0 Å². The number of carbonyl (C=O) groups is 1. The summed E-state index contributed by atoms with van der Waals surface area (Å²) in [5.74, 6) is 0.322. The van der Waals surface area contributed by atoms with Crippen LogP contribution in [-0.2, 0) is 9.47 Å². The zero-order valence-corrected chi connectivity index (χ0v) is 17.0. The summed E-state index contributed by atoms with van der Waals surface area (Å²) in [5.41, 5.74) is 2.88. The molecule has 0 N–H and O–H groups in total. The van der Waals surface area contributed by atoms with Crippen molar-refractivity contribution in [2.24, 2.45) is 0 Å². The number of likely N-dealkylation sites (tertiary alicyclic amines) is 1. The van der Waals surface area contributed by atoms with Gasteiger partial charge < -0.3 is 18.9 Å². The lowest BCUT2D eigenvalue weighted by Crippen LogP contribution is -2.32. The molecule has 6 rings (SSSR count). The average Bonchev–Trinajstić information content (AvgIpc) is 3.48. The summed E-state index contributed by atoms with van der Waals surface area (Å²) in [6.07, 6.45) is 3.13. The maximum Gasteiger partial charge on any atom is 0.293 e. The SMILES string of the molecule is Cc1ccnc2nc(C(=O)N3C[C@@H]4OCC(n5cnc6ccccc65)CO[C@H]4C3)nn12. The minimum Gasteiger partial charge on any atom is -0.371 e. The number of hydrogen-bond acceptors (Lipinski definition) is 7. The van der Waals surface area contributed by atoms with Gasteiger partial charge in [0.15, 0.2) is 0 Å². The molecular weight excluding hydrogens is 398 g/mol. The predicted octanol–water partition coefficient (Wildman–Crippen LogP) is 1.26. The maximum atomic E-state index is 13.0. The second-order valence-electron chi connectivity index (χ2n) is 7.98. The van der Waals surface area contributed by atoms with E-state index in [9.17, 15) is 4.79 Å². The summed E-state index contributed by atoms with van der Waals surface area (Å²) in [5, 5.41) is 4.33. The van der Waals surface area contributed by atoms with E-state index in [2.05, 4.69) is 24.6 Å². The number of carbonyl (C=O) groups excluding carboxylic acids is 1. The van der Waals surface area contributed by atoms with Gasteiger partial charge in [-0.15, -0.1) is 5.10 Å². The number of hydrogen-bond donors (Lipinski definition) is 0. The molecule has 2 saturated heterocycles. The fraction of sp³-hybridized carbons (Fsp3) is 0.381. The van der Waals surface area contributed by atoms with Crippen LogP contribution in [0.4, 0.5) is 0 Å². The van der Waals surface area contributed by atoms with Crippen LogP contribution in [0.2, 0.25) is 0 Å². The van der Waals surface area contributed by atoms with E-state index in [0.29, 0.717) is 32.1 Å². The van der Waals surface area contributed by atoms with Gasteiger partial charge in [0.1, 0.15) is 12.2 Å². The van der Waals surface area contributed by atoms with Crippen LogP contribution in [0.15, 0.2) is 42.9 Å². The normalized spacial score (nSPS) is 22.2. The quantitative estimate of drug-likeness (QED) is 0.482. The Balaban J connectivity index is 1.17. The Morgan fingerprint density at radius 2 is 1.84 bits per heavy atom. The molecule has 4 aromatic rings. The van der Waals surface area contributed by atoms with Crippen molar-refractivity contribution in [3.05, 3.63) is 54.4 Å². The lowest BCUT2D eigenvalue weighted by Gasteiger charge is -2.19. The molecule has 2 aliphatic heterocycles. The molecule has 0 aliphatic carbocycles. The van der Waals surface area contributed by atoms with Crippen LogP contribution in [0.25, 0.3) is 16.8 Å². The lowest BCUT2D eigenvalue weighted by atomic mass is 10.2. The number of rotatable bonds is 2. The van der Waals surface area contributed by atoms with E-state index < -0.39 is 0 Å². The molecule has 0 radical (unpaired) electrons. The Labute approximate surface area is 177 Å². The van der Waals surface area contributed by atoms with Crippen LogP contribution in [0.5, 0.6) is 0 Å². The summed E-state index contributed by atoms with van der Waals surface area (Å²) < 4.78 is 16.0. The van der Waals surface area contributed by atoms with Gasteiger partial charge >= 0.3 is 0 Å². The highest BCUT2D eigenvalue weighted by molar-refractivity contribution is 5.91. The number of para-hydroxylation sites is 2. The molecule has 31 heavy (non-hydrogen) atoms. The third kappa shape index (κ3) is 3.06. The summed E-state index contributed by atoms with van der Waals surface area (Å²) >= 11 is 0. The number of benzene rings is 1. The van der Waals surface area contributed by atoms with Gasteiger partial charge in [-0.3, -0.25) is 4.79 Å². The second kappa shape index (κ2) is 7.10. The Kier molecular flexibility index (Phi) is 4.22. The zero-order chi connectivity index (χ0) is 20.9. The summed E-state index contributed by atoms with van der Waals surface area (Å²) in [7, 11) is 0. The number of aryl methyl sites for hydroxylation is 1. The Morgan fingerprint density at radius 3 is 2.61 bits per heavy atom. The predicted molar refractivity (Wildman–Crippen MR) is 110 cm³/mol. The first-order chi connectivity index (χ1) is 15.2. The van der Waals surface area contributed by atoms with Gasteiger partial charge in [-0.2, -0.15) is 4.98 Å². The number of nitrogens with zero attached hydrogens (tertiary/aromatic N) is 7. The van der Waals surface area contributed by atoms with Crippen LogP contribution in [-0.4, -0.2) is 78.5 Å². The van der Waals surface area contributed by atoms with Crippen molar-refractivity contribution >= 4 is 22.7 Å². The molecule has 2 fully saturated rings. The van der Waals surface area contributed by atoms with E-state index in [1.807, 2.05) is 43.6 Å². The van der Waals surface area contributed by atoms with E-state index in [0.717, 1.165) is 16.7 Å². The minimum absolute atomic E-state index is 0.0382. The standard InChI is InChI=1S/C21H21N7O3/c1-13-6-7-22-21-24-19(25-28(13)21)20(29)26-8-17-18(9-26)31-11-14(10-30-17)27-12-23-15-4-2-3-5-16(15)27/h2-7,12,14,17-18H,8-11H2,1H3/t17-,18-/m0/s1. The summed E-state index contributed by atoms with van der Waals surface area (Å²) in [4.78, 5) is 27.6. The maximum absolute atomic E-state index is 13.0. The molecular formula is C21H21N7O3. The first-order valence-corrected chi connectivity index (χ1v) is 10.3. The number of ether oxygens (including phenoxy) is 2. The van der Waals surface area contributed by atoms with Crippen molar-refractivity contribution in [2.45, 2.75) is 25.2 Å². The van der Waals surface area contributed by atoms with Gasteiger partial charge in [0.05, 0.1) is 49.7 Å². The monoisotopic (exact) mass is 419 g/mol. The van der Waals surface area contributed by atoms with E-state index in [1.165, 1.54) is 0 Å². The fourth-order valence-electron chi connectivity index (χ4n) is 4.32. The van der Waals surface area contributed by atoms with Crippen molar-refractivity contribution in [2.75, 3.05) is 26.3 Å². The van der Waals surface area contributed by atoms with Gasteiger partial charge in [0.25, 0.3) is 11.7 Å².